The topological polar surface area (TPSA) is 58.8 Å². The predicted molar refractivity (Wildman–Crippen MR) is 124 cm³/mol. The Morgan fingerprint density at radius 2 is 1.94 bits per heavy atom. The van der Waals surface area contributed by atoms with Crippen LogP contribution in [0, 0.1) is 6.92 Å². The second-order valence-electron chi connectivity index (χ2n) is 8.61. The van der Waals surface area contributed by atoms with Crippen molar-refractivity contribution in [2.45, 2.75) is 32.8 Å². The van der Waals surface area contributed by atoms with Gasteiger partial charge in [-0.15, -0.1) is 0 Å². The third kappa shape index (κ3) is 4.19. The lowest BCUT2D eigenvalue weighted by Gasteiger charge is -2.36. The minimum absolute atomic E-state index is 0.0727. The maximum atomic E-state index is 12.9. The van der Waals surface area contributed by atoms with E-state index in [9.17, 15) is 4.79 Å². The Morgan fingerprint density at radius 3 is 2.75 bits per heavy atom. The first kappa shape index (κ1) is 20.9. The molecule has 32 heavy (non-hydrogen) atoms. The van der Waals surface area contributed by atoms with Gasteiger partial charge in [-0.3, -0.25) is 4.79 Å². The highest BCUT2D eigenvalue weighted by molar-refractivity contribution is 6.30. The molecule has 0 spiro atoms. The molecule has 0 aliphatic carbocycles. The van der Waals surface area contributed by atoms with Crippen LogP contribution < -0.4 is 9.64 Å². The minimum Gasteiger partial charge on any atom is -0.490 e. The van der Waals surface area contributed by atoms with Crippen LogP contribution in [0.1, 0.15) is 23.7 Å². The molecule has 1 unspecified atom stereocenters. The molecular weight excluding hydrogens is 426 g/mol. The Labute approximate surface area is 192 Å². The van der Waals surface area contributed by atoms with Crippen molar-refractivity contribution in [3.05, 3.63) is 64.3 Å². The van der Waals surface area contributed by atoms with Crippen molar-refractivity contribution in [3.63, 3.8) is 0 Å². The Morgan fingerprint density at radius 1 is 1.12 bits per heavy atom. The molecule has 6 nitrogen and oxygen atoms in total. The number of benzene rings is 2. The third-order valence-corrected chi connectivity index (χ3v) is 6.45. The number of aryl methyl sites for hydroxylation is 1. The molecule has 3 heterocycles. The molecule has 0 N–H and O–H groups in total. The van der Waals surface area contributed by atoms with Gasteiger partial charge in [0, 0.05) is 54.9 Å². The number of aromatic nitrogens is 1. The molecule has 0 saturated carbocycles. The number of carbonyl (C=O) groups is 1. The molecule has 2 aliphatic rings. The van der Waals surface area contributed by atoms with Gasteiger partial charge in [-0.05, 0) is 55.3 Å². The van der Waals surface area contributed by atoms with Crippen molar-refractivity contribution in [2.24, 2.45) is 0 Å². The summed E-state index contributed by atoms with van der Waals surface area (Å²) in [5, 5.41) is 4.87. The Hall–Kier alpha value is -2.99. The molecule has 1 fully saturated rings. The number of hydrogen-bond donors (Lipinski definition) is 0. The lowest BCUT2D eigenvalue weighted by Crippen LogP contribution is -2.49. The zero-order valence-electron chi connectivity index (χ0n) is 18.3. The van der Waals surface area contributed by atoms with Crippen molar-refractivity contribution in [2.75, 3.05) is 31.1 Å². The van der Waals surface area contributed by atoms with Crippen LogP contribution in [-0.2, 0) is 17.6 Å². The summed E-state index contributed by atoms with van der Waals surface area (Å²) >= 11 is 6.17. The van der Waals surface area contributed by atoms with Gasteiger partial charge in [0.05, 0.1) is 12.1 Å². The average Bonchev–Trinajstić information content (AvgIpc) is 3.40. The van der Waals surface area contributed by atoms with E-state index in [4.69, 9.17) is 20.9 Å². The summed E-state index contributed by atoms with van der Waals surface area (Å²) in [4.78, 5) is 17.0. The zero-order chi connectivity index (χ0) is 22.2. The molecule has 1 saturated heterocycles. The predicted octanol–water partition coefficient (Wildman–Crippen LogP) is 4.52. The van der Waals surface area contributed by atoms with Crippen LogP contribution in [0.2, 0.25) is 5.02 Å². The monoisotopic (exact) mass is 451 g/mol. The van der Waals surface area contributed by atoms with Crippen molar-refractivity contribution >= 4 is 23.2 Å². The number of halogens is 1. The maximum Gasteiger partial charge on any atom is 0.228 e. The molecule has 2 aliphatic heterocycles. The first-order chi connectivity index (χ1) is 15.5. The van der Waals surface area contributed by atoms with Crippen molar-refractivity contribution in [1.29, 1.82) is 0 Å². The van der Waals surface area contributed by atoms with Crippen molar-refractivity contribution < 1.29 is 14.1 Å². The quantitative estimate of drug-likeness (QED) is 0.583. The minimum atomic E-state index is 0.0727. The number of rotatable bonds is 4. The fourth-order valence-electron chi connectivity index (χ4n) is 4.49. The van der Waals surface area contributed by atoms with E-state index in [1.54, 1.807) is 0 Å². The van der Waals surface area contributed by atoms with Gasteiger partial charge in [-0.1, -0.05) is 22.8 Å². The SMILES string of the molecule is Cc1ccc(Cl)cc1N1CCN(C(=O)Cc2cc(-c3ccc4c(c3)CC(C)O4)on2)CC1. The van der Waals surface area contributed by atoms with E-state index in [0.717, 1.165) is 41.5 Å². The van der Waals surface area contributed by atoms with Crippen molar-refractivity contribution in [3.8, 4) is 17.1 Å². The molecule has 7 heteroatoms. The lowest BCUT2D eigenvalue weighted by molar-refractivity contribution is -0.130. The van der Waals surface area contributed by atoms with Gasteiger partial charge in [0.25, 0.3) is 0 Å². The number of hydrogen-bond acceptors (Lipinski definition) is 5. The van der Waals surface area contributed by atoms with E-state index in [1.165, 1.54) is 11.1 Å². The van der Waals surface area contributed by atoms with Gasteiger partial charge in [0.2, 0.25) is 5.91 Å². The first-order valence-electron chi connectivity index (χ1n) is 11.0. The van der Waals surface area contributed by atoms with E-state index in [2.05, 4.69) is 30.0 Å². The summed E-state index contributed by atoms with van der Waals surface area (Å²) in [5.74, 6) is 1.68. The van der Waals surface area contributed by atoms with Crippen LogP contribution in [0.3, 0.4) is 0 Å². The van der Waals surface area contributed by atoms with Gasteiger partial charge in [-0.25, -0.2) is 0 Å². The summed E-state index contributed by atoms with van der Waals surface area (Å²) < 4.78 is 11.3. The standard InChI is InChI=1S/C25H26ClN3O3/c1-16-3-5-20(26)13-22(16)28-7-9-29(10-8-28)25(30)15-21-14-24(32-27-21)18-4-6-23-19(12-18)11-17(2)31-23/h3-6,12-14,17H,7-11,15H2,1-2H3. The number of anilines is 1. The normalized spacial score (nSPS) is 17.9. The van der Waals surface area contributed by atoms with Gasteiger partial charge in [0.15, 0.2) is 5.76 Å². The van der Waals surface area contributed by atoms with Gasteiger partial charge in [-0.2, -0.15) is 0 Å². The summed E-state index contributed by atoms with van der Waals surface area (Å²) in [7, 11) is 0. The second-order valence-corrected chi connectivity index (χ2v) is 9.05. The summed E-state index contributed by atoms with van der Waals surface area (Å²) in [6.45, 7) is 7.07. The van der Waals surface area contributed by atoms with E-state index in [-0.39, 0.29) is 18.4 Å². The molecular formula is C25H26ClN3O3. The summed E-state index contributed by atoms with van der Waals surface area (Å²) in [6.07, 6.45) is 1.33. The molecule has 0 bridgehead atoms. The van der Waals surface area contributed by atoms with Crippen LogP contribution in [0.15, 0.2) is 47.0 Å². The number of amides is 1. The molecule has 2 aromatic carbocycles. The average molecular weight is 452 g/mol. The van der Waals surface area contributed by atoms with Crippen LogP contribution >= 0.6 is 11.6 Å². The molecule has 1 atom stereocenters. The van der Waals surface area contributed by atoms with E-state index >= 15 is 0 Å². The van der Waals surface area contributed by atoms with Crippen molar-refractivity contribution in [1.82, 2.24) is 10.1 Å². The van der Waals surface area contributed by atoms with Crippen LogP contribution in [0.5, 0.6) is 5.75 Å². The molecule has 166 valence electrons. The number of fused-ring (bicyclic) bond motifs is 1. The molecule has 1 amide bonds. The largest absolute Gasteiger partial charge is 0.490 e. The zero-order valence-corrected chi connectivity index (χ0v) is 19.1. The fraction of sp³-hybridized carbons (Fsp3) is 0.360. The molecule has 1 aromatic heterocycles. The van der Waals surface area contributed by atoms with E-state index in [1.807, 2.05) is 41.3 Å². The lowest BCUT2D eigenvalue weighted by atomic mass is 10.0. The third-order valence-electron chi connectivity index (χ3n) is 6.22. The fourth-order valence-corrected chi connectivity index (χ4v) is 4.66. The van der Waals surface area contributed by atoms with E-state index < -0.39 is 0 Å². The molecule has 3 aromatic rings. The number of nitrogens with zero attached hydrogens (tertiary/aromatic N) is 3. The number of carbonyl (C=O) groups excluding carboxylic acids is 1. The number of ether oxygens (including phenoxy) is 1. The summed E-state index contributed by atoms with van der Waals surface area (Å²) in [5.41, 5.74) is 5.12. The first-order valence-corrected chi connectivity index (χ1v) is 11.4. The van der Waals surface area contributed by atoms with Crippen LogP contribution in [0.4, 0.5) is 5.69 Å². The smallest absolute Gasteiger partial charge is 0.228 e. The van der Waals surface area contributed by atoms with Gasteiger partial charge < -0.3 is 19.1 Å². The number of piperazine rings is 1. The molecule has 5 rings (SSSR count). The maximum absolute atomic E-state index is 12.9. The van der Waals surface area contributed by atoms with Crippen LogP contribution in [0.25, 0.3) is 11.3 Å². The highest BCUT2D eigenvalue weighted by Gasteiger charge is 2.24. The van der Waals surface area contributed by atoms with Crippen LogP contribution in [-0.4, -0.2) is 48.2 Å². The molecule has 0 radical (unpaired) electrons. The summed E-state index contributed by atoms with van der Waals surface area (Å²) in [6, 6.07) is 13.8. The van der Waals surface area contributed by atoms with E-state index in [0.29, 0.717) is 24.5 Å². The highest BCUT2D eigenvalue weighted by Crippen LogP contribution is 2.33. The van der Waals surface area contributed by atoms with Gasteiger partial charge in [0.1, 0.15) is 11.9 Å². The Kier molecular flexibility index (Phi) is 5.55. The second kappa shape index (κ2) is 8.51. The Balaban J connectivity index is 1.20. The Bertz CT molecular complexity index is 1150. The highest BCUT2D eigenvalue weighted by atomic mass is 35.5. The van der Waals surface area contributed by atoms with Gasteiger partial charge >= 0.3 is 0 Å².